The van der Waals surface area contributed by atoms with Crippen LogP contribution in [0.25, 0.3) is 0 Å². The maximum absolute atomic E-state index is 12.4. The van der Waals surface area contributed by atoms with Crippen molar-refractivity contribution in [2.45, 2.75) is 13.1 Å². The number of nitrogens with zero attached hydrogens (tertiary/aromatic N) is 1. The van der Waals surface area contributed by atoms with E-state index in [2.05, 4.69) is 15.8 Å². The summed E-state index contributed by atoms with van der Waals surface area (Å²) >= 11 is 0. The summed E-state index contributed by atoms with van der Waals surface area (Å²) in [4.78, 5) is 11.7. The topological polar surface area (TPSA) is 53.5 Å². The summed E-state index contributed by atoms with van der Waals surface area (Å²) in [5, 5.41) is 6.30. The van der Waals surface area contributed by atoms with Gasteiger partial charge in [-0.25, -0.2) is 10.2 Å². The molecule has 120 valence electrons. The van der Waals surface area contributed by atoms with Gasteiger partial charge in [0.15, 0.2) is 0 Å². The quantitative estimate of drug-likeness (QED) is 0.647. The lowest BCUT2D eigenvalue weighted by atomic mass is 10.1. The summed E-state index contributed by atoms with van der Waals surface area (Å²) in [5.41, 5.74) is 3.50. The molecule has 23 heavy (non-hydrogen) atoms. The Morgan fingerprint density at radius 2 is 1.74 bits per heavy atom. The van der Waals surface area contributed by atoms with E-state index < -0.39 is 17.8 Å². The van der Waals surface area contributed by atoms with Gasteiger partial charge in [-0.2, -0.15) is 18.3 Å². The number of hydrogen-bond donors (Lipinski definition) is 2. The van der Waals surface area contributed by atoms with Gasteiger partial charge < -0.3 is 5.32 Å². The molecule has 2 amide bonds. The fourth-order valence-corrected chi connectivity index (χ4v) is 1.79. The zero-order valence-electron chi connectivity index (χ0n) is 12.2. The highest BCUT2D eigenvalue weighted by Gasteiger charge is 2.29. The Morgan fingerprint density at radius 3 is 2.35 bits per heavy atom. The molecular weight excluding hydrogens is 307 g/mol. The van der Waals surface area contributed by atoms with Crippen LogP contribution in [0.15, 0.2) is 53.6 Å². The lowest BCUT2D eigenvalue weighted by Gasteiger charge is -2.07. The number of anilines is 1. The summed E-state index contributed by atoms with van der Waals surface area (Å²) < 4.78 is 37.3. The first-order chi connectivity index (χ1) is 10.9. The molecule has 0 bridgehead atoms. The third-order valence-electron chi connectivity index (χ3n) is 3.01. The second kappa shape index (κ2) is 6.95. The number of carbonyl (C=O) groups excluding carboxylic acids is 1. The summed E-state index contributed by atoms with van der Waals surface area (Å²) in [6, 6.07) is 11.1. The van der Waals surface area contributed by atoms with E-state index >= 15 is 0 Å². The molecule has 0 unspecified atom stereocenters. The second-order valence-corrected chi connectivity index (χ2v) is 4.76. The van der Waals surface area contributed by atoms with Crippen LogP contribution in [0.1, 0.15) is 16.7 Å². The van der Waals surface area contributed by atoms with Gasteiger partial charge in [0, 0.05) is 5.69 Å². The highest BCUT2D eigenvalue weighted by Crippen LogP contribution is 2.28. The van der Waals surface area contributed by atoms with Gasteiger partial charge >= 0.3 is 12.2 Å². The number of rotatable bonds is 3. The molecule has 7 heteroatoms. The minimum Gasteiger partial charge on any atom is -0.306 e. The minimum atomic E-state index is -4.37. The zero-order valence-corrected chi connectivity index (χ0v) is 12.2. The van der Waals surface area contributed by atoms with E-state index in [1.165, 1.54) is 18.3 Å². The summed E-state index contributed by atoms with van der Waals surface area (Å²) in [6.45, 7) is 1.85. The van der Waals surface area contributed by atoms with Gasteiger partial charge in [-0.1, -0.05) is 30.3 Å². The van der Waals surface area contributed by atoms with E-state index in [4.69, 9.17) is 0 Å². The molecule has 2 aromatic rings. The van der Waals surface area contributed by atoms with Crippen molar-refractivity contribution in [3.8, 4) is 0 Å². The number of benzene rings is 2. The standard InChI is InChI=1S/C16H14F3N3O/c1-11-4-2-3-5-14(11)21-15(23)22-20-10-12-6-8-13(9-7-12)16(17,18)19/h2-10H,1H3,(H2,21,22,23). The third-order valence-corrected chi connectivity index (χ3v) is 3.01. The minimum absolute atomic E-state index is 0.439. The first-order valence-corrected chi connectivity index (χ1v) is 6.69. The summed E-state index contributed by atoms with van der Waals surface area (Å²) in [5.74, 6) is 0. The Bertz CT molecular complexity index is 709. The monoisotopic (exact) mass is 321 g/mol. The van der Waals surface area contributed by atoms with Gasteiger partial charge in [0.1, 0.15) is 0 Å². The molecule has 0 aromatic heterocycles. The van der Waals surface area contributed by atoms with Crippen molar-refractivity contribution in [2.24, 2.45) is 5.10 Å². The Balaban J connectivity index is 1.91. The Hall–Kier alpha value is -2.83. The van der Waals surface area contributed by atoms with Crippen LogP contribution in [0, 0.1) is 6.92 Å². The van der Waals surface area contributed by atoms with Crippen molar-refractivity contribution in [1.29, 1.82) is 0 Å². The fraction of sp³-hybridized carbons (Fsp3) is 0.125. The molecule has 4 nitrogen and oxygen atoms in total. The Labute approximate surface area is 131 Å². The van der Waals surface area contributed by atoms with Crippen molar-refractivity contribution in [3.05, 3.63) is 65.2 Å². The van der Waals surface area contributed by atoms with E-state index in [-0.39, 0.29) is 0 Å². The first-order valence-electron chi connectivity index (χ1n) is 6.69. The van der Waals surface area contributed by atoms with Gasteiger partial charge in [-0.3, -0.25) is 0 Å². The Kier molecular flexibility index (Phi) is 5.00. The number of para-hydroxylation sites is 1. The molecule has 0 atom stereocenters. The molecule has 0 aliphatic heterocycles. The van der Waals surface area contributed by atoms with Gasteiger partial charge in [-0.15, -0.1) is 0 Å². The highest BCUT2D eigenvalue weighted by molar-refractivity contribution is 5.91. The maximum Gasteiger partial charge on any atom is 0.416 e. The van der Waals surface area contributed by atoms with Crippen molar-refractivity contribution in [2.75, 3.05) is 5.32 Å². The molecule has 0 spiro atoms. The van der Waals surface area contributed by atoms with Gasteiger partial charge in [-0.05, 0) is 36.2 Å². The zero-order chi connectivity index (χ0) is 16.9. The SMILES string of the molecule is Cc1ccccc1NC(=O)NN=Cc1ccc(C(F)(F)F)cc1. The fourth-order valence-electron chi connectivity index (χ4n) is 1.79. The maximum atomic E-state index is 12.4. The first kappa shape index (κ1) is 16.5. The molecule has 0 heterocycles. The number of alkyl halides is 3. The molecule has 0 saturated carbocycles. The smallest absolute Gasteiger partial charge is 0.306 e. The predicted octanol–water partition coefficient (Wildman–Crippen LogP) is 4.17. The number of urea groups is 1. The van der Waals surface area contributed by atoms with Crippen LogP contribution in [0.5, 0.6) is 0 Å². The second-order valence-electron chi connectivity index (χ2n) is 4.76. The number of carbonyl (C=O) groups is 1. The lowest BCUT2D eigenvalue weighted by molar-refractivity contribution is -0.137. The van der Waals surface area contributed by atoms with Crippen molar-refractivity contribution < 1.29 is 18.0 Å². The van der Waals surface area contributed by atoms with E-state index in [0.29, 0.717) is 11.3 Å². The third kappa shape index (κ3) is 4.84. The number of halogens is 3. The largest absolute Gasteiger partial charge is 0.416 e. The van der Waals surface area contributed by atoms with Crippen LogP contribution in [0.2, 0.25) is 0 Å². The molecule has 2 rings (SSSR count). The van der Waals surface area contributed by atoms with Crippen molar-refractivity contribution in [3.63, 3.8) is 0 Å². The number of hydrogen-bond acceptors (Lipinski definition) is 2. The average Bonchev–Trinajstić information content (AvgIpc) is 2.49. The molecule has 2 aromatic carbocycles. The summed E-state index contributed by atoms with van der Waals surface area (Å²) in [7, 11) is 0. The molecule has 0 radical (unpaired) electrons. The molecule has 0 aliphatic rings. The number of aryl methyl sites for hydroxylation is 1. The van der Waals surface area contributed by atoms with Crippen LogP contribution >= 0.6 is 0 Å². The number of nitrogens with one attached hydrogen (secondary N) is 2. The normalized spacial score (nSPS) is 11.5. The van der Waals surface area contributed by atoms with Gasteiger partial charge in [0.05, 0.1) is 11.8 Å². The molecule has 0 saturated heterocycles. The van der Waals surface area contributed by atoms with Crippen LogP contribution in [-0.2, 0) is 6.18 Å². The van der Waals surface area contributed by atoms with Gasteiger partial charge in [0.2, 0.25) is 0 Å². The van der Waals surface area contributed by atoms with E-state index in [1.807, 2.05) is 19.1 Å². The van der Waals surface area contributed by atoms with E-state index in [1.54, 1.807) is 12.1 Å². The average molecular weight is 321 g/mol. The lowest BCUT2D eigenvalue weighted by Crippen LogP contribution is -2.24. The van der Waals surface area contributed by atoms with Crippen LogP contribution in [-0.4, -0.2) is 12.2 Å². The molecule has 0 aliphatic carbocycles. The summed E-state index contributed by atoms with van der Waals surface area (Å²) in [6.07, 6.45) is -3.11. The highest BCUT2D eigenvalue weighted by atomic mass is 19.4. The van der Waals surface area contributed by atoms with E-state index in [9.17, 15) is 18.0 Å². The van der Waals surface area contributed by atoms with Crippen molar-refractivity contribution >= 4 is 17.9 Å². The van der Waals surface area contributed by atoms with Crippen molar-refractivity contribution in [1.82, 2.24) is 5.43 Å². The molecule has 0 fully saturated rings. The molecular formula is C16H14F3N3O. The predicted molar refractivity (Wildman–Crippen MR) is 82.4 cm³/mol. The number of hydrazone groups is 1. The van der Waals surface area contributed by atoms with Gasteiger partial charge in [0.25, 0.3) is 0 Å². The van der Waals surface area contributed by atoms with Crippen LogP contribution in [0.3, 0.4) is 0 Å². The Morgan fingerprint density at radius 1 is 1.09 bits per heavy atom. The van der Waals surface area contributed by atoms with Crippen LogP contribution < -0.4 is 10.7 Å². The molecule has 2 N–H and O–H groups in total. The van der Waals surface area contributed by atoms with E-state index in [0.717, 1.165) is 17.7 Å². The number of amides is 2. The van der Waals surface area contributed by atoms with Crippen LogP contribution in [0.4, 0.5) is 23.7 Å².